The summed E-state index contributed by atoms with van der Waals surface area (Å²) in [5.74, 6) is -0.0371. The van der Waals surface area contributed by atoms with Gasteiger partial charge in [0.1, 0.15) is 17.6 Å². The Labute approximate surface area is 142 Å². The van der Waals surface area contributed by atoms with Gasteiger partial charge in [-0.25, -0.2) is 4.39 Å². The third-order valence-electron chi connectivity index (χ3n) is 3.93. The first-order valence-corrected chi connectivity index (χ1v) is 7.69. The Morgan fingerprint density at radius 1 is 1.24 bits per heavy atom. The Kier molecular flexibility index (Phi) is 4.78. The highest BCUT2D eigenvalue weighted by Crippen LogP contribution is 2.33. The third-order valence-corrected chi connectivity index (χ3v) is 3.93. The first-order chi connectivity index (χ1) is 12.2. The zero-order chi connectivity index (χ0) is 17.8. The molecule has 5 nitrogen and oxygen atoms in total. The number of aromatic nitrogens is 1. The zero-order valence-corrected chi connectivity index (χ0v) is 13.3. The molecular weight excluding hydrogens is 323 g/mol. The van der Waals surface area contributed by atoms with Crippen LogP contribution in [0.1, 0.15) is 5.56 Å². The Balaban J connectivity index is 2.24. The van der Waals surface area contributed by atoms with Crippen molar-refractivity contribution in [1.29, 1.82) is 5.26 Å². The number of rotatable bonds is 5. The first kappa shape index (κ1) is 16.7. The summed E-state index contributed by atoms with van der Waals surface area (Å²) in [5, 5.41) is 18.7. The molecule has 2 aromatic carbocycles. The second kappa shape index (κ2) is 7.16. The number of H-pyrrole nitrogens is 1. The van der Waals surface area contributed by atoms with Crippen LogP contribution >= 0.6 is 0 Å². The van der Waals surface area contributed by atoms with Gasteiger partial charge in [0.25, 0.3) is 5.56 Å². The molecule has 0 saturated carbocycles. The van der Waals surface area contributed by atoms with Gasteiger partial charge >= 0.3 is 0 Å². The van der Waals surface area contributed by atoms with E-state index < -0.39 is 5.82 Å². The van der Waals surface area contributed by atoms with Crippen LogP contribution in [-0.4, -0.2) is 23.3 Å². The number of nitrogens with one attached hydrogen (secondary N) is 1. The Morgan fingerprint density at radius 2 is 2.08 bits per heavy atom. The third kappa shape index (κ3) is 3.23. The van der Waals surface area contributed by atoms with Crippen LogP contribution < -0.4 is 10.3 Å². The van der Waals surface area contributed by atoms with Crippen LogP contribution in [0.25, 0.3) is 21.9 Å². The van der Waals surface area contributed by atoms with Gasteiger partial charge in [0.15, 0.2) is 6.61 Å². The molecule has 0 aliphatic rings. The molecule has 0 unspecified atom stereocenters. The second-order valence-corrected chi connectivity index (χ2v) is 5.43. The van der Waals surface area contributed by atoms with E-state index in [9.17, 15) is 14.3 Å². The molecule has 25 heavy (non-hydrogen) atoms. The lowest BCUT2D eigenvalue weighted by molar-refractivity contribution is 0.299. The normalized spacial score (nSPS) is 10.6. The Morgan fingerprint density at radius 3 is 2.84 bits per heavy atom. The number of hydrogen-bond donors (Lipinski definition) is 2. The SMILES string of the molecule is N#CCOc1ccc2c(-c3c(F)cccc3CCO)c[nH]c(=O)c2c1. The van der Waals surface area contributed by atoms with E-state index in [2.05, 4.69) is 4.98 Å². The molecule has 3 aromatic rings. The van der Waals surface area contributed by atoms with E-state index in [-0.39, 0.29) is 18.8 Å². The molecule has 0 amide bonds. The number of halogens is 1. The molecule has 0 radical (unpaired) electrons. The van der Waals surface area contributed by atoms with Crippen molar-refractivity contribution in [3.05, 3.63) is 64.3 Å². The van der Waals surface area contributed by atoms with E-state index in [0.29, 0.717) is 39.6 Å². The second-order valence-electron chi connectivity index (χ2n) is 5.43. The van der Waals surface area contributed by atoms with E-state index in [0.717, 1.165) is 0 Å². The average Bonchev–Trinajstić information content (AvgIpc) is 2.62. The van der Waals surface area contributed by atoms with Gasteiger partial charge in [-0.05, 0) is 41.6 Å². The molecular formula is C19H15FN2O3. The Hall–Kier alpha value is -3.17. The number of aliphatic hydroxyl groups is 1. The first-order valence-electron chi connectivity index (χ1n) is 7.69. The molecule has 0 spiro atoms. The lowest BCUT2D eigenvalue weighted by atomic mass is 9.94. The average molecular weight is 338 g/mol. The maximum Gasteiger partial charge on any atom is 0.255 e. The summed E-state index contributed by atoms with van der Waals surface area (Å²) in [6.45, 7) is -0.235. The van der Waals surface area contributed by atoms with E-state index in [1.165, 1.54) is 18.3 Å². The summed E-state index contributed by atoms with van der Waals surface area (Å²) in [6, 6.07) is 11.4. The number of aromatic amines is 1. The van der Waals surface area contributed by atoms with Crippen molar-refractivity contribution in [3.63, 3.8) is 0 Å². The summed E-state index contributed by atoms with van der Waals surface area (Å²) >= 11 is 0. The summed E-state index contributed by atoms with van der Waals surface area (Å²) in [7, 11) is 0. The minimum absolute atomic E-state index is 0.107. The van der Waals surface area contributed by atoms with Gasteiger partial charge in [-0.3, -0.25) is 4.79 Å². The maximum atomic E-state index is 14.5. The maximum absolute atomic E-state index is 14.5. The highest BCUT2D eigenvalue weighted by Gasteiger charge is 2.15. The topological polar surface area (TPSA) is 86.1 Å². The fourth-order valence-corrected chi connectivity index (χ4v) is 2.85. The molecule has 6 heteroatoms. The van der Waals surface area contributed by atoms with Crippen LogP contribution in [0.2, 0.25) is 0 Å². The molecule has 1 heterocycles. The quantitative estimate of drug-likeness (QED) is 0.749. The van der Waals surface area contributed by atoms with Crippen molar-refractivity contribution in [1.82, 2.24) is 4.98 Å². The molecule has 0 saturated heterocycles. The van der Waals surface area contributed by atoms with Gasteiger partial charge in [-0.15, -0.1) is 0 Å². The number of nitriles is 1. The molecule has 3 rings (SSSR count). The van der Waals surface area contributed by atoms with Gasteiger partial charge in [-0.1, -0.05) is 12.1 Å². The van der Waals surface area contributed by atoms with Gasteiger partial charge < -0.3 is 14.8 Å². The fraction of sp³-hybridized carbons (Fsp3) is 0.158. The monoisotopic (exact) mass is 338 g/mol. The van der Waals surface area contributed by atoms with Crippen molar-refractivity contribution in [2.75, 3.05) is 13.2 Å². The highest BCUT2D eigenvalue weighted by molar-refractivity contribution is 5.97. The summed E-state index contributed by atoms with van der Waals surface area (Å²) in [6.07, 6.45) is 1.77. The van der Waals surface area contributed by atoms with E-state index in [1.54, 1.807) is 24.3 Å². The lowest BCUT2D eigenvalue weighted by Gasteiger charge is -2.13. The number of hydrogen-bond acceptors (Lipinski definition) is 4. The van der Waals surface area contributed by atoms with Crippen molar-refractivity contribution in [3.8, 4) is 22.9 Å². The van der Waals surface area contributed by atoms with Crippen LogP contribution in [0.3, 0.4) is 0 Å². The summed E-state index contributed by atoms with van der Waals surface area (Å²) in [5.41, 5.74) is 1.20. The van der Waals surface area contributed by atoms with Crippen LogP contribution in [-0.2, 0) is 6.42 Å². The number of ether oxygens (including phenoxy) is 1. The molecule has 0 bridgehead atoms. The highest BCUT2D eigenvalue weighted by atomic mass is 19.1. The van der Waals surface area contributed by atoms with Crippen molar-refractivity contribution in [2.24, 2.45) is 0 Å². The predicted octanol–water partition coefficient (Wildman–Crippen LogP) is 2.77. The summed E-state index contributed by atoms with van der Waals surface area (Å²) < 4.78 is 19.7. The molecule has 1 aromatic heterocycles. The molecule has 126 valence electrons. The van der Waals surface area contributed by atoms with Crippen molar-refractivity contribution >= 4 is 10.8 Å². The van der Waals surface area contributed by atoms with Gasteiger partial charge in [0.2, 0.25) is 0 Å². The van der Waals surface area contributed by atoms with Crippen LogP contribution in [0.15, 0.2) is 47.4 Å². The number of fused-ring (bicyclic) bond motifs is 1. The van der Waals surface area contributed by atoms with Crippen LogP contribution in [0.5, 0.6) is 5.75 Å². The summed E-state index contributed by atoms with van der Waals surface area (Å²) in [4.78, 5) is 14.8. The zero-order valence-electron chi connectivity index (χ0n) is 13.3. The number of nitrogens with zero attached hydrogens (tertiary/aromatic N) is 1. The van der Waals surface area contributed by atoms with E-state index in [4.69, 9.17) is 10.00 Å². The van der Waals surface area contributed by atoms with Crippen LogP contribution in [0, 0.1) is 17.1 Å². The minimum Gasteiger partial charge on any atom is -0.479 e. The van der Waals surface area contributed by atoms with Gasteiger partial charge in [0.05, 0.1) is 5.39 Å². The van der Waals surface area contributed by atoms with Gasteiger partial charge in [-0.2, -0.15) is 5.26 Å². The molecule has 0 aliphatic heterocycles. The predicted molar refractivity (Wildman–Crippen MR) is 91.9 cm³/mol. The smallest absolute Gasteiger partial charge is 0.255 e. The lowest BCUT2D eigenvalue weighted by Crippen LogP contribution is -2.08. The Bertz CT molecular complexity index is 1020. The minimum atomic E-state index is -0.427. The molecule has 2 N–H and O–H groups in total. The molecule has 0 aliphatic carbocycles. The molecule has 0 fully saturated rings. The van der Waals surface area contributed by atoms with E-state index in [1.807, 2.05) is 6.07 Å². The number of benzene rings is 2. The fourth-order valence-electron chi connectivity index (χ4n) is 2.85. The van der Waals surface area contributed by atoms with Gasteiger partial charge in [0, 0.05) is 23.9 Å². The number of pyridine rings is 1. The molecule has 0 atom stereocenters. The standard InChI is InChI=1S/C19H15FN2O3/c20-17-3-1-2-12(6-8-23)18(17)16-11-22-19(24)15-10-13(25-9-7-21)4-5-14(15)16/h1-5,10-11,23H,6,8-9H2,(H,22,24). The van der Waals surface area contributed by atoms with Crippen molar-refractivity contribution in [2.45, 2.75) is 6.42 Å². The number of aliphatic hydroxyl groups excluding tert-OH is 1. The largest absolute Gasteiger partial charge is 0.479 e. The van der Waals surface area contributed by atoms with Crippen LogP contribution in [0.4, 0.5) is 4.39 Å². The van der Waals surface area contributed by atoms with E-state index >= 15 is 0 Å². The van der Waals surface area contributed by atoms with Crippen molar-refractivity contribution < 1.29 is 14.2 Å².